The quantitative estimate of drug-likeness (QED) is 0.650. The zero-order chi connectivity index (χ0) is 18.6. The maximum atomic E-state index is 13.6. The Labute approximate surface area is 156 Å². The van der Waals surface area contributed by atoms with Gasteiger partial charge in [-0.1, -0.05) is 18.2 Å². The molecule has 1 saturated heterocycles. The highest BCUT2D eigenvalue weighted by atomic mass is 35.5. The van der Waals surface area contributed by atoms with Gasteiger partial charge in [-0.3, -0.25) is 4.90 Å². The summed E-state index contributed by atoms with van der Waals surface area (Å²) in [6.45, 7) is 6.20. The van der Waals surface area contributed by atoms with Crippen LogP contribution < -0.4 is 9.47 Å². The fourth-order valence-corrected chi connectivity index (χ4v) is 3.10. The predicted octanol–water partition coefficient (Wildman–Crippen LogP) is 4.71. The molecule has 1 fully saturated rings. The van der Waals surface area contributed by atoms with Crippen molar-refractivity contribution in [1.82, 2.24) is 4.90 Å². The van der Waals surface area contributed by atoms with Crippen molar-refractivity contribution in [3.05, 3.63) is 71.8 Å². The lowest BCUT2D eigenvalue weighted by Crippen LogP contribution is -2.38. The fraction of sp³-hybridized carbons (Fsp3) is 0.300. The third-order valence-electron chi connectivity index (χ3n) is 4.41. The first-order chi connectivity index (χ1) is 12.5. The van der Waals surface area contributed by atoms with Gasteiger partial charge in [0.05, 0.1) is 0 Å². The van der Waals surface area contributed by atoms with Gasteiger partial charge in [-0.05, 0) is 42.5 Å². The van der Waals surface area contributed by atoms with E-state index in [1.807, 2.05) is 18.2 Å². The van der Waals surface area contributed by atoms with Crippen LogP contribution in [0.25, 0.3) is 0 Å². The van der Waals surface area contributed by atoms with E-state index in [1.165, 1.54) is 0 Å². The first kappa shape index (κ1) is 18.7. The number of ether oxygens (including phenoxy) is 2. The van der Waals surface area contributed by atoms with Gasteiger partial charge in [-0.25, -0.2) is 8.78 Å². The summed E-state index contributed by atoms with van der Waals surface area (Å²) >= 11 is 5.90. The molecule has 1 heterocycles. The lowest BCUT2D eigenvalue weighted by atomic mass is 10.0. The molecule has 1 aliphatic rings. The first-order valence-electron chi connectivity index (χ1n) is 8.38. The second kappa shape index (κ2) is 8.06. The highest BCUT2D eigenvalue weighted by Crippen LogP contribution is 2.29. The molecule has 0 saturated carbocycles. The molecule has 6 heteroatoms. The lowest BCUT2D eigenvalue weighted by Gasteiger charge is -2.27. The Morgan fingerprint density at radius 3 is 2.69 bits per heavy atom. The number of hydrogen-bond donors (Lipinski definition) is 0. The zero-order valence-electron chi connectivity index (χ0n) is 14.3. The molecule has 138 valence electrons. The van der Waals surface area contributed by atoms with Crippen molar-refractivity contribution in [1.29, 1.82) is 0 Å². The largest absolute Gasteiger partial charge is 0.489 e. The molecule has 3 rings (SSSR count). The van der Waals surface area contributed by atoms with E-state index in [9.17, 15) is 8.78 Å². The van der Waals surface area contributed by atoms with Crippen LogP contribution in [0.3, 0.4) is 0 Å². The van der Waals surface area contributed by atoms with Gasteiger partial charge < -0.3 is 9.47 Å². The van der Waals surface area contributed by atoms with Crippen molar-refractivity contribution in [2.45, 2.75) is 12.0 Å². The molecule has 0 aliphatic carbocycles. The summed E-state index contributed by atoms with van der Waals surface area (Å²) in [5.41, 5.74) is -0.488. The second-order valence-corrected chi connectivity index (χ2v) is 6.71. The van der Waals surface area contributed by atoms with Crippen LogP contribution in [0.2, 0.25) is 5.02 Å². The van der Waals surface area contributed by atoms with Crippen molar-refractivity contribution in [2.24, 2.45) is 0 Å². The summed E-state index contributed by atoms with van der Waals surface area (Å²) in [5, 5.41) is 0.653. The highest BCUT2D eigenvalue weighted by molar-refractivity contribution is 6.30. The van der Waals surface area contributed by atoms with E-state index in [1.54, 1.807) is 12.1 Å². The van der Waals surface area contributed by atoms with Gasteiger partial charge in [-0.2, -0.15) is 0 Å². The summed E-state index contributed by atoms with van der Waals surface area (Å²) in [7, 11) is 0. The predicted molar refractivity (Wildman–Crippen MR) is 97.9 cm³/mol. The standard InChI is InChI=1S/C20H20ClF2NO2/c1-2-20(26-17-6-3-15(21)4-7-17)9-10-24(14-20)11-12-25-19-13-16(22)5-8-18(19)23/h2-8,13H,1,9-12,14H2. The van der Waals surface area contributed by atoms with Crippen LogP contribution in [0.5, 0.6) is 11.5 Å². The van der Waals surface area contributed by atoms with Gasteiger partial charge in [0.25, 0.3) is 0 Å². The average molecular weight is 380 g/mol. The number of benzene rings is 2. The Morgan fingerprint density at radius 1 is 1.19 bits per heavy atom. The molecule has 1 atom stereocenters. The molecule has 3 nitrogen and oxygen atoms in total. The Balaban J connectivity index is 1.54. The van der Waals surface area contributed by atoms with E-state index in [0.29, 0.717) is 18.1 Å². The number of nitrogens with zero attached hydrogens (tertiary/aromatic N) is 1. The minimum Gasteiger partial charge on any atom is -0.489 e. The number of hydrogen-bond acceptors (Lipinski definition) is 3. The summed E-state index contributed by atoms with van der Waals surface area (Å²) < 4.78 is 38.2. The molecular formula is C20H20ClF2NO2. The van der Waals surface area contributed by atoms with Crippen LogP contribution in [-0.2, 0) is 0 Å². The number of rotatable bonds is 7. The van der Waals surface area contributed by atoms with Crippen molar-refractivity contribution in [3.63, 3.8) is 0 Å². The van der Waals surface area contributed by atoms with Crippen LogP contribution in [-0.4, -0.2) is 36.7 Å². The van der Waals surface area contributed by atoms with Crippen LogP contribution in [0, 0.1) is 11.6 Å². The number of likely N-dealkylation sites (tertiary alicyclic amines) is 1. The molecule has 0 radical (unpaired) electrons. The van der Waals surface area contributed by atoms with E-state index in [0.717, 1.165) is 36.9 Å². The molecule has 0 amide bonds. The summed E-state index contributed by atoms with van der Waals surface area (Å²) in [6.07, 6.45) is 2.60. The molecule has 0 aromatic heterocycles. The van der Waals surface area contributed by atoms with Gasteiger partial charge in [0, 0.05) is 37.1 Å². The Morgan fingerprint density at radius 2 is 1.96 bits per heavy atom. The van der Waals surface area contributed by atoms with Crippen LogP contribution in [0.4, 0.5) is 8.78 Å². The van der Waals surface area contributed by atoms with E-state index < -0.39 is 17.2 Å². The van der Waals surface area contributed by atoms with E-state index >= 15 is 0 Å². The maximum Gasteiger partial charge on any atom is 0.165 e. The summed E-state index contributed by atoms with van der Waals surface area (Å²) in [4.78, 5) is 2.15. The van der Waals surface area contributed by atoms with Crippen molar-refractivity contribution in [2.75, 3.05) is 26.2 Å². The van der Waals surface area contributed by atoms with Gasteiger partial charge in [-0.15, -0.1) is 0 Å². The van der Waals surface area contributed by atoms with Gasteiger partial charge >= 0.3 is 0 Å². The third-order valence-corrected chi connectivity index (χ3v) is 4.66. The minimum absolute atomic E-state index is 0.0726. The van der Waals surface area contributed by atoms with Crippen molar-refractivity contribution in [3.8, 4) is 11.5 Å². The summed E-state index contributed by atoms with van der Waals surface area (Å²) in [6, 6.07) is 10.4. The highest BCUT2D eigenvalue weighted by Gasteiger charge is 2.37. The van der Waals surface area contributed by atoms with Crippen LogP contribution in [0.15, 0.2) is 55.1 Å². The maximum absolute atomic E-state index is 13.6. The van der Waals surface area contributed by atoms with Crippen molar-refractivity contribution >= 4 is 11.6 Å². The topological polar surface area (TPSA) is 21.7 Å². The third kappa shape index (κ3) is 4.54. The van der Waals surface area contributed by atoms with E-state index in [4.69, 9.17) is 21.1 Å². The monoisotopic (exact) mass is 379 g/mol. The van der Waals surface area contributed by atoms with Gasteiger partial charge in [0.2, 0.25) is 0 Å². The molecule has 26 heavy (non-hydrogen) atoms. The van der Waals surface area contributed by atoms with E-state index in [2.05, 4.69) is 11.5 Å². The van der Waals surface area contributed by atoms with Gasteiger partial charge in [0.15, 0.2) is 11.6 Å². The normalized spacial score (nSPS) is 20.1. The average Bonchev–Trinajstić information content (AvgIpc) is 3.03. The molecule has 0 N–H and O–H groups in total. The fourth-order valence-electron chi connectivity index (χ4n) is 2.98. The zero-order valence-corrected chi connectivity index (χ0v) is 15.0. The number of halogens is 3. The Bertz CT molecular complexity index is 769. The minimum atomic E-state index is -0.570. The molecule has 1 unspecified atom stereocenters. The molecule has 0 spiro atoms. The van der Waals surface area contributed by atoms with Crippen LogP contribution >= 0.6 is 11.6 Å². The molecule has 2 aromatic carbocycles. The molecule has 0 bridgehead atoms. The van der Waals surface area contributed by atoms with Crippen LogP contribution in [0.1, 0.15) is 6.42 Å². The molecular weight excluding hydrogens is 360 g/mol. The Hall–Kier alpha value is -2.11. The van der Waals surface area contributed by atoms with Gasteiger partial charge in [0.1, 0.15) is 23.8 Å². The van der Waals surface area contributed by atoms with Crippen molar-refractivity contribution < 1.29 is 18.3 Å². The Kier molecular flexibility index (Phi) is 5.79. The second-order valence-electron chi connectivity index (χ2n) is 6.27. The molecule has 2 aromatic rings. The lowest BCUT2D eigenvalue weighted by molar-refractivity contribution is 0.121. The smallest absolute Gasteiger partial charge is 0.165 e. The SMILES string of the molecule is C=CC1(Oc2ccc(Cl)cc2)CCN(CCOc2cc(F)ccc2F)C1. The molecule has 1 aliphatic heterocycles. The summed E-state index contributed by atoms with van der Waals surface area (Å²) in [5.74, 6) is -0.435. The van der Waals surface area contributed by atoms with E-state index in [-0.39, 0.29) is 12.4 Å². The first-order valence-corrected chi connectivity index (χ1v) is 8.76.